The number of benzene rings is 1. The molecule has 0 aliphatic carbocycles. The Morgan fingerprint density at radius 1 is 1.50 bits per heavy atom. The molecule has 1 heteroatoms. The molecule has 1 rings (SSSR count). The molecule has 0 N–H and O–H groups in total. The van der Waals surface area contributed by atoms with Crippen LogP contribution in [-0.4, -0.2) is 5.88 Å². The molecule has 1 aromatic rings. The lowest BCUT2D eigenvalue weighted by Crippen LogP contribution is -1.86. The van der Waals surface area contributed by atoms with Crippen LogP contribution in [0.2, 0.25) is 0 Å². The van der Waals surface area contributed by atoms with Gasteiger partial charge in [-0.25, -0.2) is 0 Å². The highest BCUT2D eigenvalue weighted by Gasteiger charge is 1.90. The summed E-state index contributed by atoms with van der Waals surface area (Å²) in [6.45, 7) is 2.01. The van der Waals surface area contributed by atoms with Crippen LogP contribution in [0.3, 0.4) is 0 Å². The van der Waals surface area contributed by atoms with Crippen molar-refractivity contribution in [1.82, 2.24) is 0 Å². The van der Waals surface area contributed by atoms with E-state index >= 15 is 0 Å². The molecular formula is C9H9Cl. The maximum atomic E-state index is 5.55. The van der Waals surface area contributed by atoms with E-state index in [2.05, 4.69) is 12.1 Å². The lowest BCUT2D eigenvalue weighted by Gasteiger charge is -1.96. The van der Waals surface area contributed by atoms with Gasteiger partial charge in [-0.2, -0.15) is 0 Å². The molecule has 0 heterocycles. The molecule has 0 bridgehead atoms. The van der Waals surface area contributed by atoms with E-state index in [0.717, 1.165) is 17.5 Å². The topological polar surface area (TPSA) is 0 Å². The Hall–Kier alpha value is -0.490. The van der Waals surface area contributed by atoms with E-state index in [4.69, 9.17) is 11.6 Å². The largest absolute Gasteiger partial charge is 0.126 e. The molecule has 0 aromatic heterocycles. The van der Waals surface area contributed by atoms with Crippen molar-refractivity contribution in [3.63, 3.8) is 0 Å². The van der Waals surface area contributed by atoms with Gasteiger partial charge in [-0.1, -0.05) is 12.1 Å². The Labute approximate surface area is 66.8 Å². The van der Waals surface area contributed by atoms with Crippen molar-refractivity contribution in [1.29, 1.82) is 0 Å². The highest BCUT2D eigenvalue weighted by molar-refractivity contribution is 6.17. The molecule has 1 aromatic carbocycles. The third-order valence-corrected chi connectivity index (χ3v) is 1.47. The van der Waals surface area contributed by atoms with Gasteiger partial charge < -0.3 is 0 Å². The highest BCUT2D eigenvalue weighted by Crippen LogP contribution is 2.03. The van der Waals surface area contributed by atoms with Crippen LogP contribution >= 0.6 is 11.6 Å². The first kappa shape index (κ1) is 7.62. The summed E-state index contributed by atoms with van der Waals surface area (Å²) in [4.78, 5) is 0. The van der Waals surface area contributed by atoms with Crippen LogP contribution in [0.4, 0.5) is 0 Å². The number of halogens is 1. The van der Waals surface area contributed by atoms with E-state index in [1.165, 1.54) is 0 Å². The van der Waals surface area contributed by atoms with Gasteiger partial charge in [0.15, 0.2) is 0 Å². The van der Waals surface area contributed by atoms with E-state index in [1.54, 1.807) is 0 Å². The molecule has 0 saturated heterocycles. The van der Waals surface area contributed by atoms with Gasteiger partial charge in [-0.3, -0.25) is 0 Å². The minimum atomic E-state index is 0.661. The van der Waals surface area contributed by atoms with Gasteiger partial charge >= 0.3 is 0 Å². The van der Waals surface area contributed by atoms with Crippen LogP contribution in [0.5, 0.6) is 0 Å². The summed E-state index contributed by atoms with van der Waals surface area (Å²) in [6.07, 6.45) is 0.889. The van der Waals surface area contributed by atoms with E-state index in [9.17, 15) is 0 Å². The molecule has 0 saturated carbocycles. The van der Waals surface area contributed by atoms with Gasteiger partial charge in [0.1, 0.15) is 0 Å². The molecule has 0 aliphatic rings. The van der Waals surface area contributed by atoms with E-state index in [0.29, 0.717) is 5.88 Å². The summed E-state index contributed by atoms with van der Waals surface area (Å²) >= 11 is 5.55. The third kappa shape index (κ3) is 2.03. The number of alkyl halides is 1. The fourth-order valence-electron chi connectivity index (χ4n) is 0.829. The van der Waals surface area contributed by atoms with Crippen molar-refractivity contribution < 1.29 is 0 Å². The normalized spacial score (nSPS) is 9.80. The van der Waals surface area contributed by atoms with Crippen molar-refractivity contribution in [3.05, 3.63) is 35.4 Å². The van der Waals surface area contributed by atoms with Crippen LogP contribution in [0.15, 0.2) is 12.1 Å². The minimum Gasteiger partial charge on any atom is -0.126 e. The van der Waals surface area contributed by atoms with Gasteiger partial charge in [0.2, 0.25) is 0 Å². The summed E-state index contributed by atoms with van der Waals surface area (Å²) < 4.78 is 0. The number of hydrogen-bond donors (Lipinski definition) is 0. The first-order chi connectivity index (χ1) is 4.83. The predicted molar refractivity (Wildman–Crippen MR) is 43.3 cm³/mol. The Kier molecular flexibility index (Phi) is 2.76. The maximum absolute atomic E-state index is 5.55. The van der Waals surface area contributed by atoms with Gasteiger partial charge in [-0.15, -0.1) is 11.6 Å². The molecule has 0 atom stereocenters. The van der Waals surface area contributed by atoms with E-state index in [-0.39, 0.29) is 0 Å². The second-order valence-corrected chi connectivity index (χ2v) is 2.61. The van der Waals surface area contributed by atoms with Crippen LogP contribution in [0.25, 0.3) is 0 Å². The van der Waals surface area contributed by atoms with Gasteiger partial charge in [-0.05, 0) is 36.6 Å². The summed E-state index contributed by atoms with van der Waals surface area (Å²) in [5.74, 6) is 0.661. The fraction of sp³-hybridized carbons (Fsp3) is 0.333. The third-order valence-electron chi connectivity index (χ3n) is 1.28. The second-order valence-electron chi connectivity index (χ2n) is 2.23. The summed E-state index contributed by atoms with van der Waals surface area (Å²) in [5.41, 5.74) is 2.28. The van der Waals surface area contributed by atoms with Crippen LogP contribution in [0.1, 0.15) is 11.1 Å². The molecule has 52 valence electrons. The number of hydrogen-bond acceptors (Lipinski definition) is 0. The zero-order valence-electron chi connectivity index (χ0n) is 5.95. The van der Waals surface area contributed by atoms with E-state index < -0.39 is 0 Å². The lowest BCUT2D eigenvalue weighted by molar-refractivity contribution is 1.13. The number of rotatable bonds is 2. The van der Waals surface area contributed by atoms with Crippen LogP contribution < -0.4 is 0 Å². The number of aryl methyl sites for hydroxylation is 2. The summed E-state index contributed by atoms with van der Waals surface area (Å²) in [6, 6.07) is 10.1. The molecule has 2 radical (unpaired) electrons. The van der Waals surface area contributed by atoms with Crippen molar-refractivity contribution >= 4 is 11.6 Å². The van der Waals surface area contributed by atoms with Crippen molar-refractivity contribution in [2.24, 2.45) is 0 Å². The average Bonchev–Trinajstić information content (AvgIpc) is 1.88. The van der Waals surface area contributed by atoms with Gasteiger partial charge in [0.05, 0.1) is 0 Å². The van der Waals surface area contributed by atoms with Crippen molar-refractivity contribution in [2.75, 3.05) is 5.88 Å². The molecule has 10 heavy (non-hydrogen) atoms. The SMILES string of the molecule is Cc1[c]c(CCCl)c[c]c1. The predicted octanol–water partition coefficient (Wildman–Crippen LogP) is 2.38. The maximum Gasteiger partial charge on any atom is 0.0264 e. The second kappa shape index (κ2) is 3.62. The molecule has 0 unspecified atom stereocenters. The van der Waals surface area contributed by atoms with Crippen molar-refractivity contribution in [3.8, 4) is 0 Å². The Morgan fingerprint density at radius 2 is 2.30 bits per heavy atom. The molecule has 0 amide bonds. The smallest absolute Gasteiger partial charge is 0.0264 e. The van der Waals surface area contributed by atoms with Gasteiger partial charge in [0, 0.05) is 5.88 Å². The molecule has 0 fully saturated rings. The zero-order chi connectivity index (χ0) is 7.40. The zero-order valence-corrected chi connectivity index (χ0v) is 6.70. The molecule has 0 spiro atoms. The highest BCUT2D eigenvalue weighted by atomic mass is 35.5. The van der Waals surface area contributed by atoms with Gasteiger partial charge in [0.25, 0.3) is 0 Å². The fourth-order valence-corrected chi connectivity index (χ4v) is 1.03. The Morgan fingerprint density at radius 3 is 2.90 bits per heavy atom. The lowest BCUT2D eigenvalue weighted by atomic mass is 10.1. The summed E-state index contributed by atoms with van der Waals surface area (Å²) in [5, 5.41) is 0. The summed E-state index contributed by atoms with van der Waals surface area (Å²) in [7, 11) is 0. The van der Waals surface area contributed by atoms with Crippen molar-refractivity contribution in [2.45, 2.75) is 13.3 Å². The minimum absolute atomic E-state index is 0.661. The molecule has 0 aliphatic heterocycles. The standard InChI is InChI=1S/C9H9Cl/c1-8-3-2-4-9(7-8)5-6-10/h3-4H,5-6H2,1H3. The first-order valence-corrected chi connectivity index (χ1v) is 3.81. The van der Waals surface area contributed by atoms with E-state index in [1.807, 2.05) is 19.1 Å². The Balaban J connectivity index is 2.75. The Bertz CT molecular complexity index is 206. The molecular weight excluding hydrogens is 144 g/mol. The quantitative estimate of drug-likeness (QED) is 0.571. The van der Waals surface area contributed by atoms with Crippen LogP contribution in [-0.2, 0) is 6.42 Å². The average molecular weight is 153 g/mol. The van der Waals surface area contributed by atoms with Crippen LogP contribution in [0, 0.1) is 19.1 Å². The monoisotopic (exact) mass is 152 g/mol. The first-order valence-electron chi connectivity index (χ1n) is 3.28. The molecule has 0 nitrogen and oxygen atoms in total.